The molecule has 1 atom stereocenters. The Morgan fingerprint density at radius 1 is 1.11 bits per heavy atom. The van der Waals surface area contributed by atoms with E-state index in [1.54, 1.807) is 4.90 Å². The number of ether oxygens (including phenoxy) is 1. The monoisotopic (exact) mass is 533 g/mol. The van der Waals surface area contributed by atoms with Crippen LogP contribution < -0.4 is 15.4 Å². The number of aliphatic hydroxyl groups is 1. The summed E-state index contributed by atoms with van der Waals surface area (Å²) in [6.07, 6.45) is 5.58. The zero-order valence-corrected chi connectivity index (χ0v) is 23.8. The molecule has 0 radical (unpaired) electrons. The summed E-state index contributed by atoms with van der Waals surface area (Å²) >= 11 is 0. The first-order chi connectivity index (χ1) is 18.3. The third-order valence-electron chi connectivity index (χ3n) is 5.43. The minimum Gasteiger partial charge on any atom is -0.493 e. The van der Waals surface area contributed by atoms with Crippen LogP contribution in [0.25, 0.3) is 0 Å². The molecule has 38 heavy (non-hydrogen) atoms. The van der Waals surface area contributed by atoms with Crippen molar-refractivity contribution in [1.29, 1.82) is 0 Å². The van der Waals surface area contributed by atoms with Crippen molar-refractivity contribution in [1.82, 2.24) is 15.5 Å². The van der Waals surface area contributed by atoms with Crippen molar-refractivity contribution in [3.8, 4) is 5.75 Å². The van der Waals surface area contributed by atoms with E-state index < -0.39 is 0 Å². The molecule has 2 amide bonds. The molecule has 7 nitrogen and oxygen atoms in total. The van der Waals surface area contributed by atoms with Gasteiger partial charge in [-0.05, 0) is 49.1 Å². The van der Waals surface area contributed by atoms with E-state index >= 15 is 0 Å². The SMILES string of the molecule is CC(=O)NCC(C)CNCCN(C=O)Cc1ccccc1.CCCCCCOc1cc(C)cc(F)c1.CO. The number of rotatable bonds is 16. The number of carbonyl (C=O) groups excluding carboxylic acids is 2. The third kappa shape index (κ3) is 19.2. The number of hydrogen-bond acceptors (Lipinski definition) is 5. The number of carbonyl (C=O) groups is 2. The molecule has 3 N–H and O–H groups in total. The topological polar surface area (TPSA) is 90.9 Å². The van der Waals surface area contributed by atoms with Crippen molar-refractivity contribution in [2.24, 2.45) is 5.92 Å². The number of hydrogen-bond donors (Lipinski definition) is 3. The maximum absolute atomic E-state index is 13.0. The van der Waals surface area contributed by atoms with Gasteiger partial charge in [-0.1, -0.05) is 63.4 Å². The van der Waals surface area contributed by atoms with Crippen LogP contribution in [0, 0.1) is 18.7 Å². The highest BCUT2D eigenvalue weighted by Gasteiger charge is 2.05. The molecule has 0 spiro atoms. The van der Waals surface area contributed by atoms with Crippen LogP contribution in [0.4, 0.5) is 4.39 Å². The summed E-state index contributed by atoms with van der Waals surface area (Å²) in [5.74, 6) is 0.784. The molecule has 0 saturated heterocycles. The summed E-state index contributed by atoms with van der Waals surface area (Å²) in [5, 5.41) is 13.1. The van der Waals surface area contributed by atoms with Crippen molar-refractivity contribution >= 4 is 12.3 Å². The highest BCUT2D eigenvalue weighted by molar-refractivity contribution is 5.72. The molecule has 0 fully saturated rings. The molecular formula is C30H48FN3O4. The minimum atomic E-state index is -0.224. The van der Waals surface area contributed by atoms with Gasteiger partial charge in [-0.15, -0.1) is 0 Å². The Morgan fingerprint density at radius 2 is 1.82 bits per heavy atom. The van der Waals surface area contributed by atoms with Gasteiger partial charge >= 0.3 is 0 Å². The Bertz CT molecular complexity index is 848. The van der Waals surface area contributed by atoms with Crippen molar-refractivity contribution in [2.75, 3.05) is 39.9 Å². The zero-order valence-electron chi connectivity index (χ0n) is 23.8. The number of nitrogens with one attached hydrogen (secondary N) is 2. The second-order valence-corrected chi connectivity index (χ2v) is 9.18. The van der Waals surface area contributed by atoms with Gasteiger partial charge in [0.25, 0.3) is 0 Å². The van der Waals surface area contributed by atoms with E-state index in [1.807, 2.05) is 43.3 Å². The van der Waals surface area contributed by atoms with E-state index in [-0.39, 0.29) is 11.7 Å². The molecule has 2 aromatic carbocycles. The van der Waals surface area contributed by atoms with Crippen molar-refractivity contribution in [3.63, 3.8) is 0 Å². The van der Waals surface area contributed by atoms with Gasteiger partial charge in [0.15, 0.2) is 0 Å². The number of unbranched alkanes of at least 4 members (excludes halogenated alkanes) is 3. The molecule has 2 aromatic rings. The second-order valence-electron chi connectivity index (χ2n) is 9.18. The molecule has 0 saturated carbocycles. The summed E-state index contributed by atoms with van der Waals surface area (Å²) in [7, 11) is 1.00. The molecular weight excluding hydrogens is 485 g/mol. The van der Waals surface area contributed by atoms with Crippen LogP contribution in [0.5, 0.6) is 5.75 Å². The van der Waals surface area contributed by atoms with E-state index in [0.717, 1.165) is 44.2 Å². The van der Waals surface area contributed by atoms with Gasteiger partial charge in [-0.25, -0.2) is 4.39 Å². The highest BCUT2D eigenvalue weighted by atomic mass is 19.1. The number of aryl methyl sites for hydroxylation is 1. The Balaban J connectivity index is 0.000000709. The number of amides is 2. The summed E-state index contributed by atoms with van der Waals surface area (Å²) < 4.78 is 18.5. The van der Waals surface area contributed by atoms with E-state index in [9.17, 15) is 14.0 Å². The van der Waals surface area contributed by atoms with Crippen LogP contribution in [-0.4, -0.2) is 62.2 Å². The van der Waals surface area contributed by atoms with Gasteiger partial charge in [0, 0.05) is 46.3 Å². The Morgan fingerprint density at radius 3 is 2.42 bits per heavy atom. The van der Waals surface area contributed by atoms with Gasteiger partial charge in [0.2, 0.25) is 12.3 Å². The van der Waals surface area contributed by atoms with Crippen molar-refractivity contribution < 1.29 is 23.8 Å². The lowest BCUT2D eigenvalue weighted by atomic mass is 10.2. The smallest absolute Gasteiger partial charge is 0.216 e. The van der Waals surface area contributed by atoms with Gasteiger partial charge in [0.05, 0.1) is 6.61 Å². The Hall–Kier alpha value is -2.97. The Labute approximate surface area is 228 Å². The summed E-state index contributed by atoms with van der Waals surface area (Å²) in [5.41, 5.74) is 2.03. The molecule has 0 aliphatic heterocycles. The summed E-state index contributed by atoms with van der Waals surface area (Å²) in [4.78, 5) is 23.6. The molecule has 2 rings (SSSR count). The standard InChI is InChI=1S/C16H25N3O2.C13H19FO.CH4O/c1-14(11-18-15(2)21)10-17-8-9-19(13-20)12-16-6-4-3-5-7-16;1-3-4-5-6-7-15-13-9-11(2)8-12(14)10-13;1-2/h3-7,13-14,17H,8-12H2,1-2H3,(H,18,21);8-10H,3-7H2,1-2H3;2H,1H3. The van der Waals surface area contributed by atoms with Crippen LogP contribution in [0.2, 0.25) is 0 Å². The molecule has 0 bridgehead atoms. The quantitative estimate of drug-likeness (QED) is 0.215. The van der Waals surface area contributed by atoms with Gasteiger partial charge in [-0.3, -0.25) is 9.59 Å². The number of aliphatic hydroxyl groups excluding tert-OH is 1. The lowest BCUT2D eigenvalue weighted by molar-refractivity contribution is -0.119. The normalized spacial score (nSPS) is 10.7. The largest absolute Gasteiger partial charge is 0.493 e. The number of benzene rings is 2. The van der Waals surface area contributed by atoms with E-state index in [0.29, 0.717) is 37.9 Å². The number of nitrogens with zero attached hydrogens (tertiary/aromatic N) is 1. The van der Waals surface area contributed by atoms with Crippen LogP contribution in [0.3, 0.4) is 0 Å². The Kier molecular flexibility index (Phi) is 21.4. The molecule has 1 unspecified atom stereocenters. The first kappa shape index (κ1) is 35.0. The number of halogens is 1. The fraction of sp³-hybridized carbons (Fsp3) is 0.533. The fourth-order valence-corrected chi connectivity index (χ4v) is 3.45. The maximum atomic E-state index is 13.0. The minimum absolute atomic E-state index is 0.00292. The molecule has 214 valence electrons. The van der Waals surface area contributed by atoms with Gasteiger partial charge < -0.3 is 25.4 Å². The molecule has 8 heteroatoms. The lowest BCUT2D eigenvalue weighted by Gasteiger charge is -2.19. The lowest BCUT2D eigenvalue weighted by Crippen LogP contribution is -2.35. The van der Waals surface area contributed by atoms with Gasteiger partial charge in [-0.2, -0.15) is 0 Å². The maximum Gasteiger partial charge on any atom is 0.216 e. The average molecular weight is 534 g/mol. The predicted molar refractivity (Wildman–Crippen MR) is 153 cm³/mol. The molecule has 0 aliphatic carbocycles. The zero-order chi connectivity index (χ0) is 28.6. The van der Waals surface area contributed by atoms with E-state index in [1.165, 1.54) is 38.3 Å². The molecule has 0 heterocycles. The first-order valence-corrected chi connectivity index (χ1v) is 13.4. The molecule has 0 aliphatic rings. The predicted octanol–water partition coefficient (Wildman–Crippen LogP) is 4.71. The third-order valence-corrected chi connectivity index (χ3v) is 5.43. The van der Waals surface area contributed by atoms with E-state index in [2.05, 4.69) is 24.5 Å². The average Bonchev–Trinajstić information content (AvgIpc) is 2.90. The van der Waals surface area contributed by atoms with Crippen molar-refractivity contribution in [3.05, 3.63) is 65.5 Å². The van der Waals surface area contributed by atoms with Gasteiger partial charge in [0.1, 0.15) is 11.6 Å². The van der Waals surface area contributed by atoms with Crippen molar-refractivity contribution in [2.45, 2.75) is 59.9 Å². The summed E-state index contributed by atoms with van der Waals surface area (Å²) in [6, 6.07) is 14.7. The fourth-order valence-electron chi connectivity index (χ4n) is 3.45. The highest BCUT2D eigenvalue weighted by Crippen LogP contribution is 2.16. The summed E-state index contributed by atoms with van der Waals surface area (Å²) in [6.45, 7) is 11.9. The van der Waals surface area contributed by atoms with Crippen LogP contribution in [0.15, 0.2) is 48.5 Å². The van der Waals surface area contributed by atoms with Crippen LogP contribution >= 0.6 is 0 Å². The molecule has 0 aromatic heterocycles. The van der Waals surface area contributed by atoms with Crippen LogP contribution in [-0.2, 0) is 16.1 Å². The first-order valence-electron chi connectivity index (χ1n) is 13.4. The second kappa shape index (κ2) is 23.2. The van der Waals surface area contributed by atoms with E-state index in [4.69, 9.17) is 9.84 Å². The van der Waals surface area contributed by atoms with Crippen LogP contribution in [0.1, 0.15) is 57.6 Å².